The van der Waals surface area contributed by atoms with Crippen LogP contribution in [0.5, 0.6) is 0 Å². The fourth-order valence-electron chi connectivity index (χ4n) is 5.30. The van der Waals surface area contributed by atoms with Crippen LogP contribution in [0.15, 0.2) is 30.3 Å². The zero-order valence-electron chi connectivity index (χ0n) is 20.2. The Balaban J connectivity index is 1.41. The van der Waals surface area contributed by atoms with Crippen LogP contribution in [0.25, 0.3) is 28.1 Å². The van der Waals surface area contributed by atoms with Crippen molar-refractivity contribution in [3.05, 3.63) is 41.8 Å². The topological polar surface area (TPSA) is 80.5 Å². The summed E-state index contributed by atoms with van der Waals surface area (Å²) in [5.41, 5.74) is 4.01. The van der Waals surface area contributed by atoms with E-state index >= 15 is 0 Å². The molecule has 2 fully saturated rings. The minimum Gasteiger partial charge on any atom is -0.381 e. The van der Waals surface area contributed by atoms with Gasteiger partial charge in [-0.2, -0.15) is 9.61 Å². The lowest BCUT2D eigenvalue weighted by Crippen LogP contribution is -2.30. The summed E-state index contributed by atoms with van der Waals surface area (Å²) in [4.78, 5) is 16.6. The summed E-state index contributed by atoms with van der Waals surface area (Å²) in [6.45, 7) is 3.94. The van der Waals surface area contributed by atoms with Crippen molar-refractivity contribution < 1.29 is 9.13 Å². The Hall–Kier alpha value is -3.33. The summed E-state index contributed by atoms with van der Waals surface area (Å²) in [5, 5.41) is 8.63. The number of aryl methyl sites for hydroxylation is 1. The minimum atomic E-state index is -0.330. The van der Waals surface area contributed by atoms with Crippen molar-refractivity contribution in [2.45, 2.75) is 57.6 Å². The quantitative estimate of drug-likeness (QED) is 0.446. The Labute approximate surface area is 203 Å². The van der Waals surface area contributed by atoms with Crippen molar-refractivity contribution in [3.63, 3.8) is 0 Å². The van der Waals surface area contributed by atoms with Crippen LogP contribution in [0.2, 0.25) is 0 Å². The average molecular weight is 476 g/mol. The number of halogens is 1. The normalized spacial score (nSPS) is 20.7. The molecule has 1 aliphatic carbocycles. The molecular weight excluding hydrogens is 445 g/mol. The van der Waals surface area contributed by atoms with Crippen molar-refractivity contribution in [1.29, 1.82) is 0 Å². The van der Waals surface area contributed by atoms with E-state index in [-0.39, 0.29) is 5.82 Å². The first kappa shape index (κ1) is 22.2. The number of fused-ring (bicyclic) bond motifs is 2. The van der Waals surface area contributed by atoms with Crippen LogP contribution in [0, 0.1) is 12.7 Å². The molecule has 8 nitrogen and oxygen atoms in total. The second kappa shape index (κ2) is 9.03. The number of aromatic nitrogens is 5. The Bertz CT molecular complexity index is 1370. The van der Waals surface area contributed by atoms with Gasteiger partial charge >= 0.3 is 0 Å². The number of hydrogen-bond donors (Lipinski definition) is 1. The molecule has 9 heteroatoms. The van der Waals surface area contributed by atoms with Gasteiger partial charge in [-0.3, -0.25) is 0 Å². The highest BCUT2D eigenvalue weighted by Gasteiger charge is 2.24. The van der Waals surface area contributed by atoms with E-state index in [9.17, 15) is 4.39 Å². The van der Waals surface area contributed by atoms with E-state index in [4.69, 9.17) is 19.8 Å². The fraction of sp³-hybridized carbons (Fsp3) is 0.462. The molecule has 1 N–H and O–H groups in total. The van der Waals surface area contributed by atoms with Crippen molar-refractivity contribution >= 4 is 28.3 Å². The molecule has 0 atom stereocenters. The van der Waals surface area contributed by atoms with Gasteiger partial charge in [0.2, 0.25) is 0 Å². The molecule has 0 unspecified atom stereocenters. The Morgan fingerprint density at radius 2 is 1.77 bits per heavy atom. The number of ether oxygens (including phenoxy) is 1. The third-order valence-corrected chi connectivity index (χ3v) is 7.25. The molecule has 1 aromatic carbocycles. The van der Waals surface area contributed by atoms with Gasteiger partial charge < -0.3 is 15.0 Å². The lowest BCUT2D eigenvalue weighted by atomic mass is 9.93. The second-order valence-electron chi connectivity index (χ2n) is 9.64. The highest BCUT2D eigenvalue weighted by atomic mass is 19.1. The molecule has 1 aliphatic heterocycles. The molecule has 0 spiro atoms. The Morgan fingerprint density at radius 1 is 0.971 bits per heavy atom. The molecule has 6 rings (SSSR count). The number of anilines is 2. The van der Waals surface area contributed by atoms with Gasteiger partial charge in [-0.25, -0.2) is 19.3 Å². The Kier molecular flexibility index (Phi) is 5.72. The SMILES string of the molecule is CO[C@H]1CC[C@@H](Nc2cc(N3CCCC3)nc3cc(-c4nc5cc(F)ccc5nc4C)nn23)CC1. The molecule has 0 amide bonds. The molecule has 4 heterocycles. The number of benzene rings is 1. The molecule has 4 aromatic rings. The molecule has 2 aliphatic rings. The summed E-state index contributed by atoms with van der Waals surface area (Å²) in [5.74, 6) is 1.57. The number of methoxy groups -OCH3 is 1. The van der Waals surface area contributed by atoms with Gasteiger partial charge in [0.15, 0.2) is 5.65 Å². The standard InChI is InChI=1S/C26H30FN7O/c1-16-26(30-21-13-17(27)5-10-20(21)28-16)22-14-24-31-23(33-11-3-4-12-33)15-25(34(24)32-22)29-18-6-8-19(35-2)9-7-18/h5,10,13-15,18-19,29H,3-4,6-9,11-12H2,1-2H3/t18-,19+. The van der Waals surface area contributed by atoms with Crippen LogP contribution < -0.4 is 10.2 Å². The van der Waals surface area contributed by atoms with E-state index in [1.807, 2.05) is 17.5 Å². The van der Waals surface area contributed by atoms with Gasteiger partial charge in [-0.05, 0) is 57.6 Å². The number of nitrogens with zero attached hydrogens (tertiary/aromatic N) is 6. The molecule has 3 aromatic heterocycles. The predicted molar refractivity (Wildman–Crippen MR) is 134 cm³/mol. The van der Waals surface area contributed by atoms with Gasteiger partial charge in [-0.1, -0.05) is 0 Å². The van der Waals surface area contributed by atoms with Crippen LogP contribution >= 0.6 is 0 Å². The first-order valence-corrected chi connectivity index (χ1v) is 12.5. The maximum Gasteiger partial charge on any atom is 0.160 e. The maximum atomic E-state index is 13.8. The van der Waals surface area contributed by atoms with Crippen molar-refractivity contribution in [3.8, 4) is 11.4 Å². The van der Waals surface area contributed by atoms with Gasteiger partial charge in [0, 0.05) is 44.4 Å². The largest absolute Gasteiger partial charge is 0.381 e. The predicted octanol–water partition coefficient (Wildman–Crippen LogP) is 4.76. The van der Waals surface area contributed by atoms with Gasteiger partial charge in [0.1, 0.15) is 28.8 Å². The molecule has 0 radical (unpaired) electrons. The highest BCUT2D eigenvalue weighted by Crippen LogP contribution is 2.30. The lowest BCUT2D eigenvalue weighted by Gasteiger charge is -2.29. The maximum absolute atomic E-state index is 13.8. The van der Waals surface area contributed by atoms with Crippen molar-refractivity contribution in [1.82, 2.24) is 24.6 Å². The van der Waals surface area contributed by atoms with E-state index in [1.165, 1.54) is 25.0 Å². The zero-order valence-corrected chi connectivity index (χ0v) is 20.2. The second-order valence-corrected chi connectivity index (χ2v) is 9.64. The highest BCUT2D eigenvalue weighted by molar-refractivity contribution is 5.78. The minimum absolute atomic E-state index is 0.330. The summed E-state index contributed by atoms with van der Waals surface area (Å²) in [6, 6.07) is 8.90. The molecule has 0 bridgehead atoms. The first-order chi connectivity index (χ1) is 17.1. The molecule has 182 valence electrons. The van der Waals surface area contributed by atoms with Crippen LogP contribution in [-0.4, -0.2) is 56.9 Å². The monoisotopic (exact) mass is 475 g/mol. The summed E-state index contributed by atoms with van der Waals surface area (Å²) in [6.07, 6.45) is 6.92. The smallest absolute Gasteiger partial charge is 0.160 e. The first-order valence-electron chi connectivity index (χ1n) is 12.5. The van der Waals surface area contributed by atoms with E-state index < -0.39 is 0 Å². The van der Waals surface area contributed by atoms with E-state index in [2.05, 4.69) is 21.3 Å². The van der Waals surface area contributed by atoms with Gasteiger partial charge in [0.25, 0.3) is 0 Å². The van der Waals surface area contributed by atoms with Gasteiger partial charge in [-0.15, -0.1) is 0 Å². The van der Waals surface area contributed by atoms with Crippen molar-refractivity contribution in [2.24, 2.45) is 0 Å². The lowest BCUT2D eigenvalue weighted by molar-refractivity contribution is 0.0681. The fourth-order valence-corrected chi connectivity index (χ4v) is 5.30. The average Bonchev–Trinajstić information content (AvgIpc) is 3.55. The van der Waals surface area contributed by atoms with Crippen LogP contribution in [-0.2, 0) is 4.74 Å². The Morgan fingerprint density at radius 3 is 2.54 bits per heavy atom. The van der Waals surface area contributed by atoms with E-state index in [1.54, 1.807) is 13.2 Å². The number of rotatable bonds is 5. The number of nitrogens with one attached hydrogen (secondary N) is 1. The molecule has 1 saturated heterocycles. The summed E-state index contributed by atoms with van der Waals surface area (Å²) >= 11 is 0. The molecule has 1 saturated carbocycles. The molecule has 35 heavy (non-hydrogen) atoms. The van der Waals surface area contributed by atoms with E-state index in [0.29, 0.717) is 34.6 Å². The van der Waals surface area contributed by atoms with Gasteiger partial charge in [0.05, 0.1) is 22.8 Å². The zero-order chi connectivity index (χ0) is 23.9. The van der Waals surface area contributed by atoms with Crippen LogP contribution in [0.4, 0.5) is 16.0 Å². The number of hydrogen-bond acceptors (Lipinski definition) is 7. The van der Waals surface area contributed by atoms with E-state index in [0.717, 1.165) is 61.7 Å². The van der Waals surface area contributed by atoms with Crippen LogP contribution in [0.3, 0.4) is 0 Å². The van der Waals surface area contributed by atoms with Crippen molar-refractivity contribution in [2.75, 3.05) is 30.4 Å². The molecular formula is C26H30FN7O. The van der Waals surface area contributed by atoms with Crippen LogP contribution in [0.1, 0.15) is 44.2 Å². The summed E-state index contributed by atoms with van der Waals surface area (Å²) in [7, 11) is 1.80. The third-order valence-electron chi connectivity index (χ3n) is 7.25. The summed E-state index contributed by atoms with van der Waals surface area (Å²) < 4.78 is 21.3. The third kappa shape index (κ3) is 4.29.